The number of imidazole rings is 1. The van der Waals surface area contributed by atoms with E-state index < -0.39 is 0 Å². The van der Waals surface area contributed by atoms with Gasteiger partial charge in [-0.1, -0.05) is 13.8 Å². The molecule has 0 aliphatic carbocycles. The van der Waals surface area contributed by atoms with E-state index in [4.69, 9.17) is 0 Å². The van der Waals surface area contributed by atoms with Gasteiger partial charge < -0.3 is 14.8 Å². The molecular formula is C14H26N4. The first kappa shape index (κ1) is 13.6. The van der Waals surface area contributed by atoms with E-state index in [1.165, 1.54) is 44.6 Å². The first-order valence-electron chi connectivity index (χ1n) is 7.29. The van der Waals surface area contributed by atoms with Crippen LogP contribution in [0.25, 0.3) is 0 Å². The Labute approximate surface area is 110 Å². The molecule has 0 radical (unpaired) electrons. The Kier molecular flexibility index (Phi) is 5.20. The van der Waals surface area contributed by atoms with Crippen LogP contribution in [0.5, 0.6) is 0 Å². The van der Waals surface area contributed by atoms with Gasteiger partial charge in [0.25, 0.3) is 0 Å². The molecule has 102 valence electrons. The number of nitrogens with one attached hydrogen (secondary N) is 1. The van der Waals surface area contributed by atoms with Crippen molar-refractivity contribution in [3.63, 3.8) is 0 Å². The zero-order valence-electron chi connectivity index (χ0n) is 11.7. The van der Waals surface area contributed by atoms with Crippen molar-refractivity contribution in [2.75, 3.05) is 26.2 Å². The van der Waals surface area contributed by atoms with E-state index in [0.717, 1.165) is 13.1 Å². The fraction of sp³-hybridized carbons (Fsp3) is 0.786. The molecule has 2 heterocycles. The summed E-state index contributed by atoms with van der Waals surface area (Å²) in [5.41, 5.74) is 1.32. The van der Waals surface area contributed by atoms with Crippen molar-refractivity contribution in [3.05, 3.63) is 18.2 Å². The second-order valence-corrected chi connectivity index (χ2v) is 5.15. The molecule has 4 heteroatoms. The third kappa shape index (κ3) is 3.33. The second kappa shape index (κ2) is 6.90. The van der Waals surface area contributed by atoms with Crippen LogP contribution in [-0.4, -0.2) is 40.6 Å². The van der Waals surface area contributed by atoms with Crippen molar-refractivity contribution >= 4 is 0 Å². The molecule has 1 fully saturated rings. The van der Waals surface area contributed by atoms with Crippen LogP contribution in [-0.2, 0) is 6.54 Å². The lowest BCUT2D eigenvalue weighted by Crippen LogP contribution is -2.35. The third-order valence-corrected chi connectivity index (χ3v) is 3.79. The molecule has 0 unspecified atom stereocenters. The lowest BCUT2D eigenvalue weighted by molar-refractivity contribution is 0.185. The standard InChI is InChI=1S/C14H26N4/c1-3-7-17-8-5-13(6-9-17)18-12-16-11-14(18)10-15-4-2/h11-13,15H,3-10H2,1-2H3. The average molecular weight is 250 g/mol. The number of hydrogen-bond donors (Lipinski definition) is 1. The molecule has 0 atom stereocenters. The van der Waals surface area contributed by atoms with E-state index in [1.807, 2.05) is 12.5 Å². The van der Waals surface area contributed by atoms with Gasteiger partial charge in [0.1, 0.15) is 0 Å². The number of nitrogens with zero attached hydrogens (tertiary/aromatic N) is 3. The summed E-state index contributed by atoms with van der Waals surface area (Å²) < 4.78 is 2.38. The smallest absolute Gasteiger partial charge is 0.0951 e. The predicted molar refractivity (Wildman–Crippen MR) is 74.6 cm³/mol. The van der Waals surface area contributed by atoms with E-state index in [1.54, 1.807) is 0 Å². The highest BCUT2D eigenvalue weighted by atomic mass is 15.2. The Balaban J connectivity index is 1.90. The van der Waals surface area contributed by atoms with Crippen molar-refractivity contribution in [1.29, 1.82) is 0 Å². The normalized spacial score (nSPS) is 18.3. The molecule has 1 saturated heterocycles. The summed E-state index contributed by atoms with van der Waals surface area (Å²) >= 11 is 0. The number of piperidine rings is 1. The zero-order valence-corrected chi connectivity index (χ0v) is 11.7. The molecule has 0 aromatic carbocycles. The molecule has 0 spiro atoms. The minimum Gasteiger partial charge on any atom is -0.330 e. The highest BCUT2D eigenvalue weighted by Crippen LogP contribution is 2.23. The Bertz CT molecular complexity index is 339. The molecule has 0 bridgehead atoms. The molecule has 1 aliphatic rings. The maximum atomic E-state index is 4.31. The Morgan fingerprint density at radius 1 is 1.33 bits per heavy atom. The predicted octanol–water partition coefficient (Wildman–Crippen LogP) is 2.04. The summed E-state index contributed by atoms with van der Waals surface area (Å²) in [4.78, 5) is 6.90. The molecule has 2 rings (SSSR count). The SMILES string of the molecule is CCCN1CCC(n2cncc2CNCC)CC1. The highest BCUT2D eigenvalue weighted by molar-refractivity contribution is 5.01. The van der Waals surface area contributed by atoms with Gasteiger partial charge >= 0.3 is 0 Å². The van der Waals surface area contributed by atoms with Gasteiger partial charge in [-0.15, -0.1) is 0 Å². The van der Waals surface area contributed by atoms with Crippen molar-refractivity contribution in [2.45, 2.75) is 45.7 Å². The summed E-state index contributed by atoms with van der Waals surface area (Å²) in [6, 6.07) is 0.647. The molecule has 0 amide bonds. The molecule has 4 nitrogen and oxygen atoms in total. The van der Waals surface area contributed by atoms with Gasteiger partial charge in [-0.2, -0.15) is 0 Å². The minimum absolute atomic E-state index is 0.647. The molecule has 18 heavy (non-hydrogen) atoms. The molecule has 1 aliphatic heterocycles. The van der Waals surface area contributed by atoms with E-state index in [9.17, 15) is 0 Å². The molecular weight excluding hydrogens is 224 g/mol. The Hall–Kier alpha value is -0.870. The van der Waals surface area contributed by atoms with Crippen LogP contribution in [0.2, 0.25) is 0 Å². The lowest BCUT2D eigenvalue weighted by atomic mass is 10.0. The topological polar surface area (TPSA) is 33.1 Å². The summed E-state index contributed by atoms with van der Waals surface area (Å²) in [6.07, 6.45) is 7.79. The monoisotopic (exact) mass is 250 g/mol. The average Bonchev–Trinajstić information content (AvgIpc) is 2.86. The van der Waals surface area contributed by atoms with Crippen LogP contribution in [0.3, 0.4) is 0 Å². The van der Waals surface area contributed by atoms with Crippen molar-refractivity contribution in [2.24, 2.45) is 0 Å². The van der Waals surface area contributed by atoms with Crippen LogP contribution < -0.4 is 5.32 Å². The van der Waals surface area contributed by atoms with E-state index in [-0.39, 0.29) is 0 Å². The Morgan fingerprint density at radius 2 is 2.11 bits per heavy atom. The van der Waals surface area contributed by atoms with E-state index in [2.05, 4.69) is 33.6 Å². The summed E-state index contributed by atoms with van der Waals surface area (Å²) in [5, 5.41) is 3.39. The number of aromatic nitrogens is 2. The van der Waals surface area contributed by atoms with Crippen molar-refractivity contribution in [1.82, 2.24) is 19.8 Å². The second-order valence-electron chi connectivity index (χ2n) is 5.15. The highest BCUT2D eigenvalue weighted by Gasteiger charge is 2.21. The van der Waals surface area contributed by atoms with Gasteiger partial charge in [-0.25, -0.2) is 4.98 Å². The van der Waals surface area contributed by atoms with Gasteiger partial charge in [0, 0.05) is 31.9 Å². The largest absolute Gasteiger partial charge is 0.330 e. The van der Waals surface area contributed by atoms with Gasteiger partial charge in [-0.3, -0.25) is 0 Å². The summed E-state index contributed by atoms with van der Waals surface area (Å²) in [7, 11) is 0. The van der Waals surface area contributed by atoms with Crippen LogP contribution in [0.15, 0.2) is 12.5 Å². The van der Waals surface area contributed by atoms with Crippen molar-refractivity contribution < 1.29 is 0 Å². The number of likely N-dealkylation sites (tertiary alicyclic amines) is 1. The third-order valence-electron chi connectivity index (χ3n) is 3.79. The molecule has 0 saturated carbocycles. The molecule has 1 aromatic heterocycles. The lowest BCUT2D eigenvalue weighted by Gasteiger charge is -2.33. The molecule has 1 N–H and O–H groups in total. The van der Waals surface area contributed by atoms with E-state index in [0.29, 0.717) is 6.04 Å². The van der Waals surface area contributed by atoms with Crippen LogP contribution in [0, 0.1) is 0 Å². The van der Waals surface area contributed by atoms with Gasteiger partial charge in [0.15, 0.2) is 0 Å². The summed E-state index contributed by atoms with van der Waals surface area (Å²) in [5.74, 6) is 0. The minimum atomic E-state index is 0.647. The maximum absolute atomic E-state index is 4.31. The first-order chi connectivity index (χ1) is 8.85. The number of rotatable bonds is 6. The number of hydrogen-bond acceptors (Lipinski definition) is 3. The maximum Gasteiger partial charge on any atom is 0.0951 e. The fourth-order valence-electron chi connectivity index (χ4n) is 2.79. The van der Waals surface area contributed by atoms with Gasteiger partial charge in [0.05, 0.1) is 12.0 Å². The van der Waals surface area contributed by atoms with Gasteiger partial charge in [0.2, 0.25) is 0 Å². The van der Waals surface area contributed by atoms with Crippen molar-refractivity contribution in [3.8, 4) is 0 Å². The van der Waals surface area contributed by atoms with E-state index >= 15 is 0 Å². The molecule has 1 aromatic rings. The van der Waals surface area contributed by atoms with Crippen LogP contribution in [0.4, 0.5) is 0 Å². The zero-order chi connectivity index (χ0) is 12.8. The van der Waals surface area contributed by atoms with Crippen LogP contribution >= 0.6 is 0 Å². The first-order valence-corrected chi connectivity index (χ1v) is 7.29. The van der Waals surface area contributed by atoms with Gasteiger partial charge in [-0.05, 0) is 32.4 Å². The Morgan fingerprint density at radius 3 is 2.78 bits per heavy atom. The fourth-order valence-corrected chi connectivity index (χ4v) is 2.79. The van der Waals surface area contributed by atoms with Crippen LogP contribution in [0.1, 0.15) is 44.8 Å². The summed E-state index contributed by atoms with van der Waals surface area (Å²) in [6.45, 7) is 10.1. The quantitative estimate of drug-likeness (QED) is 0.839.